The van der Waals surface area contributed by atoms with Crippen LogP contribution in [-0.2, 0) is 27.3 Å². The fourth-order valence-corrected chi connectivity index (χ4v) is 4.74. The first-order valence-corrected chi connectivity index (χ1v) is 13.6. The first-order valence-electron chi connectivity index (χ1n) is 11.6. The number of carboxylic acid groups (broad SMARTS) is 1. The summed E-state index contributed by atoms with van der Waals surface area (Å²) in [6.07, 6.45) is 2.50. The molecule has 0 saturated carbocycles. The van der Waals surface area contributed by atoms with Crippen LogP contribution >= 0.6 is 24.4 Å². The van der Waals surface area contributed by atoms with E-state index in [2.05, 4.69) is 23.3 Å². The lowest BCUT2D eigenvalue weighted by atomic mass is 9.90. The standard InChI is InChI=1S/C24H38N4O4S2/c1-15(2)20(26-12-18(25)14-33)22(30)28-13-17-8-6-5-7-16(17)11-19(28)21(29)27-24(3,23(31)32)9-10-34-4/h5-8,15,18-20,26,33H,9-14,25H2,1-4H3,(H,27,29)(H,31,32)/t18-,19+,20+,24?/m1/s1. The number of fused-ring (bicyclic) bond motifs is 1. The Morgan fingerprint density at radius 2 is 1.94 bits per heavy atom. The lowest BCUT2D eigenvalue weighted by Crippen LogP contribution is -2.62. The van der Waals surface area contributed by atoms with Crippen LogP contribution in [-0.4, -0.2) is 75.8 Å². The molecule has 0 aliphatic carbocycles. The van der Waals surface area contributed by atoms with Gasteiger partial charge in [-0.1, -0.05) is 38.1 Å². The summed E-state index contributed by atoms with van der Waals surface area (Å²) in [5.41, 5.74) is 6.54. The number of nitrogens with zero attached hydrogens (tertiary/aromatic N) is 1. The van der Waals surface area contributed by atoms with Crippen LogP contribution in [0, 0.1) is 5.92 Å². The number of amides is 2. The molecule has 1 aliphatic rings. The third-order valence-electron chi connectivity index (χ3n) is 6.28. The molecule has 1 heterocycles. The Bertz CT molecular complexity index is 869. The van der Waals surface area contributed by atoms with E-state index in [0.717, 1.165) is 11.1 Å². The van der Waals surface area contributed by atoms with E-state index in [4.69, 9.17) is 5.73 Å². The molecule has 190 valence electrons. The maximum atomic E-state index is 13.7. The van der Waals surface area contributed by atoms with Crippen molar-refractivity contribution in [1.82, 2.24) is 15.5 Å². The molecule has 8 nitrogen and oxygen atoms in total. The average Bonchev–Trinajstić information content (AvgIpc) is 2.81. The van der Waals surface area contributed by atoms with E-state index in [1.54, 1.807) is 4.90 Å². The maximum Gasteiger partial charge on any atom is 0.329 e. The van der Waals surface area contributed by atoms with Gasteiger partial charge >= 0.3 is 5.97 Å². The number of rotatable bonds is 12. The Kier molecular flexibility index (Phi) is 10.7. The van der Waals surface area contributed by atoms with Crippen LogP contribution in [0.3, 0.4) is 0 Å². The second-order valence-corrected chi connectivity index (χ2v) is 10.7. The zero-order valence-electron chi connectivity index (χ0n) is 20.4. The third kappa shape index (κ3) is 7.13. The number of carbonyl (C=O) groups is 3. The quantitative estimate of drug-likeness (QED) is 0.270. The van der Waals surface area contributed by atoms with Crippen LogP contribution in [0.25, 0.3) is 0 Å². The smallest absolute Gasteiger partial charge is 0.329 e. The minimum atomic E-state index is -1.42. The molecule has 0 spiro atoms. The third-order valence-corrected chi connectivity index (χ3v) is 7.36. The van der Waals surface area contributed by atoms with Crippen molar-refractivity contribution < 1.29 is 19.5 Å². The van der Waals surface area contributed by atoms with Crippen LogP contribution in [0.5, 0.6) is 0 Å². The van der Waals surface area contributed by atoms with E-state index in [0.29, 0.717) is 24.5 Å². The summed E-state index contributed by atoms with van der Waals surface area (Å²) in [6.45, 7) is 6.11. The summed E-state index contributed by atoms with van der Waals surface area (Å²) in [6, 6.07) is 6.18. The van der Waals surface area contributed by atoms with Crippen LogP contribution < -0.4 is 16.4 Å². The molecule has 4 atom stereocenters. The molecule has 2 rings (SSSR count). The van der Waals surface area contributed by atoms with Crippen LogP contribution in [0.1, 0.15) is 38.3 Å². The summed E-state index contributed by atoms with van der Waals surface area (Å²) in [7, 11) is 0. The number of carboxylic acids is 1. The number of carbonyl (C=O) groups excluding carboxylic acids is 2. The number of hydrogen-bond donors (Lipinski definition) is 5. The molecule has 10 heteroatoms. The fraction of sp³-hybridized carbons (Fsp3) is 0.625. The minimum absolute atomic E-state index is 0.0358. The molecule has 0 bridgehead atoms. The van der Waals surface area contributed by atoms with Crippen molar-refractivity contribution >= 4 is 42.2 Å². The molecule has 1 aromatic carbocycles. The van der Waals surface area contributed by atoms with Gasteiger partial charge in [0.1, 0.15) is 11.6 Å². The highest BCUT2D eigenvalue weighted by atomic mass is 32.2. The van der Waals surface area contributed by atoms with Gasteiger partial charge in [0.15, 0.2) is 0 Å². The number of aliphatic carboxylic acids is 1. The van der Waals surface area contributed by atoms with Gasteiger partial charge in [-0.25, -0.2) is 4.79 Å². The number of thioether (sulfide) groups is 1. The van der Waals surface area contributed by atoms with Crippen molar-refractivity contribution in [1.29, 1.82) is 0 Å². The van der Waals surface area contributed by atoms with Crippen molar-refractivity contribution in [2.75, 3.05) is 24.3 Å². The van der Waals surface area contributed by atoms with Gasteiger partial charge in [0, 0.05) is 31.3 Å². The first kappa shape index (κ1) is 28.5. The van der Waals surface area contributed by atoms with Crippen molar-refractivity contribution in [2.45, 2.75) is 63.8 Å². The number of hydrogen-bond acceptors (Lipinski definition) is 7. The molecular weight excluding hydrogens is 472 g/mol. The Labute approximate surface area is 212 Å². The molecule has 0 fully saturated rings. The molecule has 0 radical (unpaired) electrons. The number of nitrogens with one attached hydrogen (secondary N) is 2. The normalized spacial score (nSPS) is 19.1. The van der Waals surface area contributed by atoms with Crippen molar-refractivity contribution in [3.63, 3.8) is 0 Å². The lowest BCUT2D eigenvalue weighted by molar-refractivity contribution is -0.150. The summed E-state index contributed by atoms with van der Waals surface area (Å²) < 4.78 is 0. The number of nitrogens with two attached hydrogens (primary N) is 1. The summed E-state index contributed by atoms with van der Waals surface area (Å²) in [4.78, 5) is 40.8. The monoisotopic (exact) mass is 510 g/mol. The van der Waals surface area contributed by atoms with Gasteiger partial charge in [0.2, 0.25) is 11.8 Å². The highest BCUT2D eigenvalue weighted by Crippen LogP contribution is 2.26. The number of thiol groups is 1. The van der Waals surface area contributed by atoms with E-state index in [1.165, 1.54) is 18.7 Å². The van der Waals surface area contributed by atoms with Crippen LogP contribution in [0.15, 0.2) is 24.3 Å². The molecule has 1 unspecified atom stereocenters. The molecular formula is C24H38N4O4S2. The SMILES string of the molecule is CSCCC(C)(NC(=O)[C@@H]1Cc2ccccc2CN1C(=O)[C@@H](NC[C@@H](N)CS)C(C)C)C(=O)O. The summed E-state index contributed by atoms with van der Waals surface area (Å²) >= 11 is 5.73. The van der Waals surface area contributed by atoms with Gasteiger partial charge in [-0.15, -0.1) is 0 Å². The van der Waals surface area contributed by atoms with E-state index in [-0.39, 0.29) is 30.8 Å². The first-order chi connectivity index (χ1) is 16.0. The fourth-order valence-electron chi connectivity index (χ4n) is 4.00. The second kappa shape index (κ2) is 12.8. The molecule has 0 saturated heterocycles. The molecule has 1 aliphatic heterocycles. The highest BCUT2D eigenvalue weighted by Gasteiger charge is 2.42. The lowest BCUT2D eigenvalue weighted by Gasteiger charge is -2.40. The molecule has 34 heavy (non-hydrogen) atoms. The summed E-state index contributed by atoms with van der Waals surface area (Å²) in [5.74, 6) is -0.708. The van der Waals surface area contributed by atoms with Crippen LogP contribution in [0.4, 0.5) is 0 Å². The second-order valence-electron chi connectivity index (χ2n) is 9.40. The van der Waals surface area contributed by atoms with Gasteiger partial charge in [0.25, 0.3) is 0 Å². The number of benzene rings is 1. The van der Waals surface area contributed by atoms with Crippen molar-refractivity contribution in [3.8, 4) is 0 Å². The topological polar surface area (TPSA) is 125 Å². The Balaban J connectivity index is 2.35. The Morgan fingerprint density at radius 3 is 2.50 bits per heavy atom. The predicted molar refractivity (Wildman–Crippen MR) is 140 cm³/mol. The largest absolute Gasteiger partial charge is 0.480 e. The van der Waals surface area contributed by atoms with E-state index in [1.807, 2.05) is 44.4 Å². The molecule has 5 N–H and O–H groups in total. The average molecular weight is 511 g/mol. The maximum absolute atomic E-state index is 13.7. The zero-order chi connectivity index (χ0) is 25.5. The van der Waals surface area contributed by atoms with Gasteiger partial charge in [-0.2, -0.15) is 24.4 Å². The van der Waals surface area contributed by atoms with Gasteiger partial charge < -0.3 is 26.4 Å². The van der Waals surface area contributed by atoms with E-state index < -0.39 is 29.5 Å². The molecule has 1 aromatic rings. The highest BCUT2D eigenvalue weighted by molar-refractivity contribution is 7.98. The Morgan fingerprint density at radius 1 is 1.29 bits per heavy atom. The minimum Gasteiger partial charge on any atom is -0.480 e. The predicted octanol–water partition coefficient (Wildman–Crippen LogP) is 1.52. The molecule has 2 amide bonds. The van der Waals surface area contributed by atoms with E-state index >= 15 is 0 Å². The zero-order valence-corrected chi connectivity index (χ0v) is 22.1. The van der Waals surface area contributed by atoms with Crippen molar-refractivity contribution in [2.24, 2.45) is 11.7 Å². The van der Waals surface area contributed by atoms with Gasteiger partial charge in [-0.3, -0.25) is 9.59 Å². The van der Waals surface area contributed by atoms with E-state index in [9.17, 15) is 19.5 Å². The van der Waals surface area contributed by atoms with Gasteiger partial charge in [0.05, 0.1) is 6.04 Å². The summed E-state index contributed by atoms with van der Waals surface area (Å²) in [5, 5.41) is 15.8. The van der Waals surface area contributed by atoms with Gasteiger partial charge in [-0.05, 0) is 42.4 Å². The molecule has 0 aromatic heterocycles. The van der Waals surface area contributed by atoms with Crippen LogP contribution in [0.2, 0.25) is 0 Å². The van der Waals surface area contributed by atoms with Crippen molar-refractivity contribution in [3.05, 3.63) is 35.4 Å². The Hall–Kier alpha value is -1.75.